The monoisotopic (exact) mass is 305 g/mol. The molecule has 122 valence electrons. The molecular formula is C17H27N3O2. The summed E-state index contributed by atoms with van der Waals surface area (Å²) in [5.41, 5.74) is 1.22. The Morgan fingerprint density at radius 3 is 2.18 bits per heavy atom. The Balaban J connectivity index is 2.45. The molecule has 2 amide bonds. The lowest BCUT2D eigenvalue weighted by Crippen LogP contribution is -2.34. The topological polar surface area (TPSA) is 70.2 Å². The summed E-state index contributed by atoms with van der Waals surface area (Å²) in [6.45, 7) is 7.65. The Morgan fingerprint density at radius 2 is 1.64 bits per heavy atom. The molecule has 5 nitrogen and oxygen atoms in total. The fourth-order valence-corrected chi connectivity index (χ4v) is 1.79. The molecule has 0 aliphatic rings. The van der Waals surface area contributed by atoms with E-state index in [0.717, 1.165) is 18.5 Å². The second-order valence-corrected chi connectivity index (χ2v) is 6.34. The Kier molecular flexibility index (Phi) is 7.05. The highest BCUT2D eigenvalue weighted by molar-refractivity contribution is 5.94. The number of benzene rings is 1. The van der Waals surface area contributed by atoms with E-state index in [1.165, 1.54) is 0 Å². The first kappa shape index (κ1) is 18.2. The molecule has 22 heavy (non-hydrogen) atoms. The van der Waals surface area contributed by atoms with Crippen molar-refractivity contribution >= 4 is 11.8 Å². The van der Waals surface area contributed by atoms with Gasteiger partial charge >= 0.3 is 0 Å². The highest BCUT2D eigenvalue weighted by Gasteiger charge is 2.20. The molecule has 5 heteroatoms. The van der Waals surface area contributed by atoms with Crippen LogP contribution in [0.15, 0.2) is 24.3 Å². The summed E-state index contributed by atoms with van der Waals surface area (Å²) in [5, 5.41) is 8.80. The van der Waals surface area contributed by atoms with Crippen LogP contribution in [0.3, 0.4) is 0 Å². The van der Waals surface area contributed by atoms with Gasteiger partial charge in [-0.3, -0.25) is 9.59 Å². The zero-order valence-corrected chi connectivity index (χ0v) is 14.0. The van der Waals surface area contributed by atoms with Crippen molar-refractivity contribution < 1.29 is 9.59 Å². The zero-order valence-electron chi connectivity index (χ0n) is 14.0. The Hall–Kier alpha value is -1.88. The van der Waals surface area contributed by atoms with E-state index in [-0.39, 0.29) is 11.8 Å². The number of hydrogen-bond donors (Lipinski definition) is 3. The van der Waals surface area contributed by atoms with Gasteiger partial charge in [0.2, 0.25) is 5.91 Å². The van der Waals surface area contributed by atoms with Crippen molar-refractivity contribution in [3.8, 4) is 0 Å². The first-order valence-electron chi connectivity index (χ1n) is 7.64. The summed E-state index contributed by atoms with van der Waals surface area (Å²) in [6.07, 6.45) is 0.902. The summed E-state index contributed by atoms with van der Waals surface area (Å²) < 4.78 is 0. The normalized spacial score (nSPS) is 11.1. The van der Waals surface area contributed by atoms with Crippen molar-refractivity contribution in [3.05, 3.63) is 35.4 Å². The summed E-state index contributed by atoms with van der Waals surface area (Å²) >= 11 is 0. The summed E-state index contributed by atoms with van der Waals surface area (Å²) in [6, 6.07) is 7.30. The van der Waals surface area contributed by atoms with E-state index in [4.69, 9.17) is 0 Å². The van der Waals surface area contributed by atoms with Crippen LogP contribution < -0.4 is 16.0 Å². The minimum Gasteiger partial charge on any atom is -0.352 e. The maximum Gasteiger partial charge on any atom is 0.251 e. The molecule has 0 spiro atoms. The van der Waals surface area contributed by atoms with Crippen molar-refractivity contribution in [1.82, 2.24) is 16.0 Å². The molecule has 0 saturated heterocycles. The smallest absolute Gasteiger partial charge is 0.251 e. The lowest BCUT2D eigenvalue weighted by Gasteiger charge is -2.17. The molecule has 1 aromatic carbocycles. The predicted molar refractivity (Wildman–Crippen MR) is 88.6 cm³/mol. The molecule has 0 heterocycles. The molecule has 1 rings (SSSR count). The van der Waals surface area contributed by atoms with Gasteiger partial charge in [0, 0.05) is 24.1 Å². The van der Waals surface area contributed by atoms with E-state index in [0.29, 0.717) is 18.7 Å². The number of rotatable bonds is 7. The highest BCUT2D eigenvalue weighted by Crippen LogP contribution is 2.13. The molecule has 0 radical (unpaired) electrons. The van der Waals surface area contributed by atoms with Gasteiger partial charge in [-0.2, -0.15) is 0 Å². The highest BCUT2D eigenvalue weighted by atomic mass is 16.2. The maximum absolute atomic E-state index is 11.9. The van der Waals surface area contributed by atoms with Crippen molar-refractivity contribution in [1.29, 1.82) is 0 Å². The van der Waals surface area contributed by atoms with E-state index in [2.05, 4.69) is 16.0 Å². The molecule has 0 aromatic heterocycles. The van der Waals surface area contributed by atoms with Crippen LogP contribution in [-0.2, 0) is 11.3 Å². The van der Waals surface area contributed by atoms with Gasteiger partial charge in [0.25, 0.3) is 5.91 Å². The van der Waals surface area contributed by atoms with Gasteiger partial charge in [0.15, 0.2) is 0 Å². The number of carbonyl (C=O) groups excluding carboxylic acids is 2. The Labute approximate surface area is 132 Å². The van der Waals surface area contributed by atoms with Crippen LogP contribution in [-0.4, -0.2) is 32.0 Å². The Bertz CT molecular complexity index is 490. The van der Waals surface area contributed by atoms with Crippen LogP contribution in [0.2, 0.25) is 0 Å². The van der Waals surface area contributed by atoms with Crippen molar-refractivity contribution in [2.24, 2.45) is 5.41 Å². The van der Waals surface area contributed by atoms with Crippen LogP contribution >= 0.6 is 0 Å². The fourth-order valence-electron chi connectivity index (χ4n) is 1.79. The molecule has 0 unspecified atom stereocenters. The van der Waals surface area contributed by atoms with Gasteiger partial charge in [-0.1, -0.05) is 32.9 Å². The lowest BCUT2D eigenvalue weighted by atomic mass is 9.95. The van der Waals surface area contributed by atoms with Gasteiger partial charge < -0.3 is 16.0 Å². The van der Waals surface area contributed by atoms with Gasteiger partial charge in [-0.15, -0.1) is 0 Å². The van der Waals surface area contributed by atoms with Gasteiger partial charge in [-0.05, 0) is 37.7 Å². The maximum atomic E-state index is 11.9. The van der Waals surface area contributed by atoms with Crippen molar-refractivity contribution in [2.75, 3.05) is 20.1 Å². The Morgan fingerprint density at radius 1 is 1.00 bits per heavy atom. The molecule has 0 aliphatic carbocycles. The van der Waals surface area contributed by atoms with Gasteiger partial charge in [0.05, 0.1) is 0 Å². The van der Waals surface area contributed by atoms with Gasteiger partial charge in [-0.25, -0.2) is 0 Å². The minimum atomic E-state index is -0.396. The number of amides is 2. The van der Waals surface area contributed by atoms with E-state index >= 15 is 0 Å². The summed E-state index contributed by atoms with van der Waals surface area (Å²) in [4.78, 5) is 23.7. The predicted octanol–water partition coefficient (Wildman–Crippen LogP) is 1.69. The molecule has 0 bridgehead atoms. The van der Waals surface area contributed by atoms with Crippen molar-refractivity contribution in [2.45, 2.75) is 33.7 Å². The van der Waals surface area contributed by atoms with Crippen LogP contribution in [0.4, 0.5) is 0 Å². The average Bonchev–Trinajstić information content (AvgIpc) is 2.48. The first-order chi connectivity index (χ1) is 10.3. The zero-order chi connectivity index (χ0) is 16.6. The SMILES string of the molecule is CNCCCNC(=O)c1ccc(CNC(=O)C(C)(C)C)cc1. The molecule has 3 N–H and O–H groups in total. The standard InChI is InChI=1S/C17H27N3O2/c1-17(2,3)16(22)20-12-13-6-8-14(9-7-13)15(21)19-11-5-10-18-4/h6-9,18H,5,10-12H2,1-4H3,(H,19,21)(H,20,22). The largest absolute Gasteiger partial charge is 0.352 e. The second-order valence-electron chi connectivity index (χ2n) is 6.34. The van der Waals surface area contributed by atoms with Crippen LogP contribution in [0.1, 0.15) is 43.1 Å². The third-order valence-corrected chi connectivity index (χ3v) is 3.24. The molecule has 1 aromatic rings. The quantitative estimate of drug-likeness (QED) is 0.671. The third kappa shape index (κ3) is 6.26. The number of hydrogen-bond acceptors (Lipinski definition) is 3. The molecule has 0 fully saturated rings. The molecule has 0 atom stereocenters. The molecule has 0 saturated carbocycles. The van der Waals surface area contributed by atoms with Crippen LogP contribution in [0.5, 0.6) is 0 Å². The van der Waals surface area contributed by atoms with E-state index in [1.54, 1.807) is 12.1 Å². The van der Waals surface area contributed by atoms with E-state index in [1.807, 2.05) is 40.0 Å². The van der Waals surface area contributed by atoms with Gasteiger partial charge in [0.1, 0.15) is 0 Å². The molecule has 0 aliphatic heterocycles. The number of nitrogens with one attached hydrogen (secondary N) is 3. The lowest BCUT2D eigenvalue weighted by molar-refractivity contribution is -0.128. The van der Waals surface area contributed by atoms with Crippen LogP contribution in [0.25, 0.3) is 0 Å². The van der Waals surface area contributed by atoms with E-state index in [9.17, 15) is 9.59 Å². The summed E-state index contributed by atoms with van der Waals surface area (Å²) in [7, 11) is 1.89. The minimum absolute atomic E-state index is 0.0128. The molecular weight excluding hydrogens is 278 g/mol. The average molecular weight is 305 g/mol. The number of carbonyl (C=O) groups is 2. The van der Waals surface area contributed by atoms with Crippen molar-refractivity contribution in [3.63, 3.8) is 0 Å². The van der Waals surface area contributed by atoms with Crippen LogP contribution in [0, 0.1) is 5.41 Å². The summed E-state index contributed by atoms with van der Waals surface area (Å²) in [5.74, 6) is -0.0553. The van der Waals surface area contributed by atoms with E-state index < -0.39 is 5.41 Å². The third-order valence-electron chi connectivity index (χ3n) is 3.24. The second kappa shape index (κ2) is 8.54. The first-order valence-corrected chi connectivity index (χ1v) is 7.64. The fraction of sp³-hybridized carbons (Fsp3) is 0.529.